The zero-order chi connectivity index (χ0) is 18.1. The molecular formula is C16H11F6NO. The van der Waals surface area contributed by atoms with Crippen molar-refractivity contribution in [1.82, 2.24) is 0 Å². The second-order valence-corrected chi connectivity index (χ2v) is 4.96. The molecule has 0 bridgehead atoms. The standard InChI is InChI=1S/C16H11F6NO/c1-23(13-8-3-2-7-12(13)16(20,21)22)14(24)10-5-4-6-11(9-10)15(17,18)19/h2-9H,1H3. The van der Waals surface area contributed by atoms with Crippen LogP contribution in [0.2, 0.25) is 0 Å². The van der Waals surface area contributed by atoms with Gasteiger partial charge < -0.3 is 4.90 Å². The molecule has 0 spiro atoms. The van der Waals surface area contributed by atoms with Crippen molar-refractivity contribution >= 4 is 11.6 Å². The van der Waals surface area contributed by atoms with E-state index in [2.05, 4.69) is 0 Å². The molecule has 24 heavy (non-hydrogen) atoms. The molecule has 2 aromatic rings. The van der Waals surface area contributed by atoms with Crippen molar-refractivity contribution < 1.29 is 31.1 Å². The SMILES string of the molecule is CN(C(=O)c1cccc(C(F)(F)F)c1)c1ccccc1C(F)(F)F. The fraction of sp³-hybridized carbons (Fsp3) is 0.188. The molecule has 128 valence electrons. The molecule has 0 heterocycles. The van der Waals surface area contributed by atoms with Crippen LogP contribution < -0.4 is 4.90 Å². The van der Waals surface area contributed by atoms with Crippen molar-refractivity contribution in [3.63, 3.8) is 0 Å². The number of carbonyl (C=O) groups excluding carboxylic acids is 1. The number of hydrogen-bond donors (Lipinski definition) is 0. The smallest absolute Gasteiger partial charge is 0.311 e. The molecular weight excluding hydrogens is 336 g/mol. The first-order valence-electron chi connectivity index (χ1n) is 6.63. The number of carbonyl (C=O) groups is 1. The van der Waals surface area contributed by atoms with Crippen molar-refractivity contribution in [2.24, 2.45) is 0 Å². The number of benzene rings is 2. The fourth-order valence-electron chi connectivity index (χ4n) is 2.14. The van der Waals surface area contributed by atoms with Crippen molar-refractivity contribution in [2.75, 3.05) is 11.9 Å². The molecule has 0 atom stereocenters. The van der Waals surface area contributed by atoms with Crippen molar-refractivity contribution in [2.45, 2.75) is 12.4 Å². The van der Waals surface area contributed by atoms with Gasteiger partial charge in [0.15, 0.2) is 0 Å². The van der Waals surface area contributed by atoms with Crippen LogP contribution in [0.25, 0.3) is 0 Å². The summed E-state index contributed by atoms with van der Waals surface area (Å²) in [4.78, 5) is 13.0. The Kier molecular flexibility index (Phi) is 4.59. The third-order valence-electron chi connectivity index (χ3n) is 3.31. The third kappa shape index (κ3) is 3.69. The van der Waals surface area contributed by atoms with E-state index in [1.54, 1.807) is 0 Å². The number of rotatable bonds is 2. The van der Waals surface area contributed by atoms with Gasteiger partial charge in [-0.2, -0.15) is 26.3 Å². The van der Waals surface area contributed by atoms with E-state index in [1.807, 2.05) is 0 Å². The summed E-state index contributed by atoms with van der Waals surface area (Å²) >= 11 is 0. The van der Waals surface area contributed by atoms with Crippen LogP contribution in [0.5, 0.6) is 0 Å². The maximum absolute atomic E-state index is 13.0. The Bertz CT molecular complexity index is 751. The van der Waals surface area contributed by atoms with Crippen LogP contribution in [-0.4, -0.2) is 13.0 Å². The maximum atomic E-state index is 13.0. The number of alkyl halides is 6. The van der Waals surface area contributed by atoms with E-state index in [0.717, 1.165) is 43.4 Å². The van der Waals surface area contributed by atoms with Crippen LogP contribution in [0, 0.1) is 0 Å². The number of amides is 1. The van der Waals surface area contributed by atoms with Crippen LogP contribution in [0.15, 0.2) is 48.5 Å². The fourth-order valence-corrected chi connectivity index (χ4v) is 2.14. The molecule has 0 N–H and O–H groups in total. The summed E-state index contributed by atoms with van der Waals surface area (Å²) in [6.07, 6.45) is -9.35. The second kappa shape index (κ2) is 6.18. The summed E-state index contributed by atoms with van der Waals surface area (Å²) in [5, 5.41) is 0. The van der Waals surface area contributed by atoms with Crippen LogP contribution >= 0.6 is 0 Å². The highest BCUT2D eigenvalue weighted by atomic mass is 19.4. The van der Waals surface area contributed by atoms with Gasteiger partial charge in [-0.1, -0.05) is 18.2 Å². The van der Waals surface area contributed by atoms with Gasteiger partial charge in [-0.25, -0.2) is 0 Å². The topological polar surface area (TPSA) is 20.3 Å². The number of halogens is 6. The van der Waals surface area contributed by atoms with Crippen LogP contribution in [-0.2, 0) is 12.4 Å². The van der Waals surface area contributed by atoms with Gasteiger partial charge in [-0.3, -0.25) is 4.79 Å². The lowest BCUT2D eigenvalue weighted by molar-refractivity contribution is -0.138. The lowest BCUT2D eigenvalue weighted by atomic mass is 10.1. The van der Waals surface area contributed by atoms with Crippen LogP contribution in [0.1, 0.15) is 21.5 Å². The summed E-state index contributed by atoms with van der Waals surface area (Å²) in [5.41, 5.74) is -2.89. The third-order valence-corrected chi connectivity index (χ3v) is 3.31. The van der Waals surface area contributed by atoms with E-state index < -0.39 is 35.1 Å². The number of anilines is 1. The highest BCUT2D eigenvalue weighted by Gasteiger charge is 2.35. The van der Waals surface area contributed by atoms with Gasteiger partial charge in [0.1, 0.15) is 0 Å². The molecule has 0 aliphatic rings. The van der Waals surface area contributed by atoms with E-state index >= 15 is 0 Å². The lowest BCUT2D eigenvalue weighted by Gasteiger charge is -2.22. The van der Waals surface area contributed by atoms with E-state index in [-0.39, 0.29) is 5.56 Å². The molecule has 1 amide bonds. The molecule has 0 saturated carbocycles. The molecule has 0 aliphatic carbocycles. The van der Waals surface area contributed by atoms with Gasteiger partial charge in [-0.05, 0) is 30.3 Å². The molecule has 0 fully saturated rings. The first-order chi connectivity index (χ1) is 11.0. The molecule has 0 unspecified atom stereocenters. The van der Waals surface area contributed by atoms with Gasteiger partial charge in [-0.15, -0.1) is 0 Å². The molecule has 0 saturated heterocycles. The van der Waals surface area contributed by atoms with Gasteiger partial charge >= 0.3 is 12.4 Å². The molecule has 0 radical (unpaired) electrons. The van der Waals surface area contributed by atoms with E-state index in [1.165, 1.54) is 6.07 Å². The highest BCUT2D eigenvalue weighted by molar-refractivity contribution is 6.06. The Morgan fingerprint density at radius 2 is 1.50 bits per heavy atom. The summed E-state index contributed by atoms with van der Waals surface area (Å²) in [5.74, 6) is -0.974. The maximum Gasteiger partial charge on any atom is 0.418 e. The molecule has 8 heteroatoms. The normalized spacial score (nSPS) is 12.1. The molecule has 2 aromatic carbocycles. The van der Waals surface area contributed by atoms with Crippen molar-refractivity contribution in [1.29, 1.82) is 0 Å². The average Bonchev–Trinajstić information content (AvgIpc) is 2.52. The largest absolute Gasteiger partial charge is 0.418 e. The Hall–Kier alpha value is -2.51. The number of para-hydroxylation sites is 1. The summed E-state index contributed by atoms with van der Waals surface area (Å²) < 4.78 is 77.1. The average molecular weight is 347 g/mol. The first-order valence-corrected chi connectivity index (χ1v) is 6.63. The summed E-state index contributed by atoms with van der Waals surface area (Å²) in [6.45, 7) is 0. The quantitative estimate of drug-likeness (QED) is 0.700. The second-order valence-electron chi connectivity index (χ2n) is 4.96. The minimum absolute atomic E-state index is 0.357. The van der Waals surface area contributed by atoms with Crippen LogP contribution in [0.4, 0.5) is 32.0 Å². The predicted molar refractivity (Wildman–Crippen MR) is 75.6 cm³/mol. The van der Waals surface area contributed by atoms with Crippen molar-refractivity contribution in [3.05, 3.63) is 65.2 Å². The number of hydrogen-bond acceptors (Lipinski definition) is 1. The molecule has 2 rings (SSSR count). The Morgan fingerprint density at radius 3 is 2.08 bits per heavy atom. The van der Waals surface area contributed by atoms with Crippen molar-refractivity contribution in [3.8, 4) is 0 Å². The van der Waals surface area contributed by atoms with Crippen LogP contribution in [0.3, 0.4) is 0 Å². The van der Waals surface area contributed by atoms with Gasteiger partial charge in [0.25, 0.3) is 5.91 Å². The minimum atomic E-state index is -4.70. The Labute approximate surface area is 133 Å². The minimum Gasteiger partial charge on any atom is -0.311 e. The zero-order valence-electron chi connectivity index (χ0n) is 12.2. The van der Waals surface area contributed by atoms with E-state index in [4.69, 9.17) is 0 Å². The molecule has 0 aromatic heterocycles. The zero-order valence-corrected chi connectivity index (χ0v) is 12.2. The highest BCUT2D eigenvalue weighted by Crippen LogP contribution is 2.36. The van der Waals surface area contributed by atoms with Gasteiger partial charge in [0.05, 0.1) is 16.8 Å². The predicted octanol–water partition coefficient (Wildman–Crippen LogP) is 5.00. The van der Waals surface area contributed by atoms with E-state index in [0.29, 0.717) is 11.0 Å². The molecule has 0 aliphatic heterocycles. The summed E-state index contributed by atoms with van der Waals surface area (Å²) in [6, 6.07) is 7.87. The first kappa shape index (κ1) is 17.8. The van der Waals surface area contributed by atoms with Gasteiger partial charge in [0, 0.05) is 12.6 Å². The Morgan fingerprint density at radius 1 is 0.875 bits per heavy atom. The van der Waals surface area contributed by atoms with E-state index in [9.17, 15) is 31.1 Å². The summed E-state index contributed by atoms with van der Waals surface area (Å²) in [7, 11) is 1.08. The molecule has 2 nitrogen and oxygen atoms in total. The number of nitrogens with zero attached hydrogens (tertiary/aromatic N) is 1. The van der Waals surface area contributed by atoms with Gasteiger partial charge in [0.2, 0.25) is 0 Å². The lowest BCUT2D eigenvalue weighted by Crippen LogP contribution is -2.28. The Balaban J connectivity index is 2.42. The monoisotopic (exact) mass is 347 g/mol.